The third-order valence-corrected chi connectivity index (χ3v) is 4.57. The summed E-state index contributed by atoms with van der Waals surface area (Å²) in [5, 5.41) is 2.81. The van der Waals surface area contributed by atoms with Gasteiger partial charge < -0.3 is 10.2 Å². The van der Waals surface area contributed by atoms with Crippen LogP contribution >= 0.6 is 0 Å². The van der Waals surface area contributed by atoms with Crippen LogP contribution in [0.5, 0.6) is 0 Å². The molecule has 6 heteroatoms. The summed E-state index contributed by atoms with van der Waals surface area (Å²) >= 11 is 0. The minimum Gasteiger partial charge on any atom is -0.347 e. The number of hydrogen-bond donors (Lipinski definition) is 1. The van der Waals surface area contributed by atoms with E-state index in [9.17, 15) is 9.59 Å². The largest absolute Gasteiger partial charge is 0.347 e. The number of carbonyl (C=O) groups is 2. The molecule has 2 aromatic heterocycles. The first-order chi connectivity index (χ1) is 13.2. The third-order valence-electron chi connectivity index (χ3n) is 4.57. The van der Waals surface area contributed by atoms with E-state index >= 15 is 0 Å². The molecule has 1 aliphatic rings. The van der Waals surface area contributed by atoms with Crippen LogP contribution < -0.4 is 10.2 Å². The van der Waals surface area contributed by atoms with Gasteiger partial charge in [0.15, 0.2) is 0 Å². The molecule has 3 heterocycles. The van der Waals surface area contributed by atoms with E-state index in [-0.39, 0.29) is 17.5 Å². The van der Waals surface area contributed by atoms with Gasteiger partial charge in [-0.25, -0.2) is 0 Å². The second-order valence-electron chi connectivity index (χ2n) is 6.30. The van der Waals surface area contributed by atoms with Gasteiger partial charge in [-0.3, -0.25) is 19.6 Å². The molecule has 0 aliphatic carbocycles. The molecule has 3 aromatic rings. The van der Waals surface area contributed by atoms with Gasteiger partial charge in [0, 0.05) is 42.9 Å². The average molecular weight is 358 g/mol. The fourth-order valence-electron chi connectivity index (χ4n) is 3.17. The highest BCUT2D eigenvalue weighted by atomic mass is 16.2. The van der Waals surface area contributed by atoms with Gasteiger partial charge in [-0.15, -0.1) is 0 Å². The summed E-state index contributed by atoms with van der Waals surface area (Å²) in [6, 6.07) is 14.7. The molecule has 2 amide bonds. The zero-order chi connectivity index (χ0) is 18.6. The number of benzene rings is 1. The number of rotatable bonds is 4. The minimum atomic E-state index is -0.316. The lowest BCUT2D eigenvalue weighted by atomic mass is 10.1. The standard InChI is InChI=1S/C21H18N4O2/c26-20(24-14-15-5-9-22-10-6-15)18-13-17(7-11-23-18)21(27)25-12-8-16-3-1-2-4-19(16)25/h1-7,9-11,13H,8,12,14H2,(H,24,26). The van der Waals surface area contributed by atoms with Gasteiger partial charge in [-0.05, 0) is 47.9 Å². The van der Waals surface area contributed by atoms with Gasteiger partial charge >= 0.3 is 0 Å². The molecule has 0 atom stereocenters. The number of carbonyl (C=O) groups excluding carboxylic acids is 2. The van der Waals surface area contributed by atoms with E-state index in [1.807, 2.05) is 36.4 Å². The molecule has 27 heavy (non-hydrogen) atoms. The van der Waals surface area contributed by atoms with E-state index in [2.05, 4.69) is 15.3 Å². The van der Waals surface area contributed by atoms with E-state index in [0.29, 0.717) is 18.7 Å². The zero-order valence-corrected chi connectivity index (χ0v) is 14.6. The van der Waals surface area contributed by atoms with Crippen molar-refractivity contribution < 1.29 is 9.59 Å². The highest BCUT2D eigenvalue weighted by Crippen LogP contribution is 2.28. The third kappa shape index (κ3) is 3.55. The van der Waals surface area contributed by atoms with Crippen molar-refractivity contribution in [3.63, 3.8) is 0 Å². The molecule has 1 aliphatic heterocycles. The number of hydrogen-bond acceptors (Lipinski definition) is 4. The lowest BCUT2D eigenvalue weighted by molar-refractivity contribution is 0.0946. The Kier molecular flexibility index (Phi) is 4.61. The summed E-state index contributed by atoms with van der Waals surface area (Å²) in [7, 11) is 0. The van der Waals surface area contributed by atoms with Crippen molar-refractivity contribution in [3.05, 3.63) is 89.5 Å². The fraction of sp³-hybridized carbons (Fsp3) is 0.143. The van der Waals surface area contributed by atoms with Crippen LogP contribution in [0.4, 0.5) is 5.69 Å². The van der Waals surface area contributed by atoms with E-state index in [0.717, 1.165) is 23.2 Å². The molecule has 0 saturated carbocycles. The Morgan fingerprint density at radius 3 is 2.70 bits per heavy atom. The molecule has 0 radical (unpaired) electrons. The lowest BCUT2D eigenvalue weighted by Gasteiger charge is -2.17. The Balaban J connectivity index is 1.49. The number of aromatic nitrogens is 2. The number of anilines is 1. The highest BCUT2D eigenvalue weighted by molar-refractivity contribution is 6.08. The molecule has 4 rings (SSSR count). The monoisotopic (exact) mass is 358 g/mol. The Bertz CT molecular complexity index is 988. The Morgan fingerprint density at radius 2 is 1.85 bits per heavy atom. The topological polar surface area (TPSA) is 75.2 Å². The van der Waals surface area contributed by atoms with Crippen LogP contribution in [-0.2, 0) is 13.0 Å². The van der Waals surface area contributed by atoms with Crippen LogP contribution in [0, 0.1) is 0 Å². The molecule has 0 bridgehead atoms. The molecular weight excluding hydrogens is 340 g/mol. The van der Waals surface area contributed by atoms with Crippen LogP contribution in [0.15, 0.2) is 67.1 Å². The first-order valence-electron chi connectivity index (χ1n) is 8.75. The number of nitrogens with zero attached hydrogens (tertiary/aromatic N) is 3. The Morgan fingerprint density at radius 1 is 1.04 bits per heavy atom. The number of nitrogens with one attached hydrogen (secondary N) is 1. The van der Waals surface area contributed by atoms with E-state index in [1.165, 1.54) is 6.20 Å². The number of amides is 2. The second-order valence-corrected chi connectivity index (χ2v) is 6.30. The van der Waals surface area contributed by atoms with Crippen LogP contribution in [0.2, 0.25) is 0 Å². The second kappa shape index (κ2) is 7.37. The quantitative estimate of drug-likeness (QED) is 0.778. The zero-order valence-electron chi connectivity index (χ0n) is 14.6. The van der Waals surface area contributed by atoms with E-state index in [4.69, 9.17) is 0 Å². The summed E-state index contributed by atoms with van der Waals surface area (Å²) in [5.41, 5.74) is 3.72. The number of para-hydroxylation sites is 1. The van der Waals surface area contributed by atoms with Crippen molar-refractivity contribution >= 4 is 17.5 Å². The van der Waals surface area contributed by atoms with Gasteiger partial charge in [0.05, 0.1) is 0 Å². The number of fused-ring (bicyclic) bond motifs is 1. The summed E-state index contributed by atoms with van der Waals surface area (Å²) in [5.74, 6) is -0.436. The predicted molar refractivity (Wildman–Crippen MR) is 101 cm³/mol. The number of pyridine rings is 2. The van der Waals surface area contributed by atoms with Gasteiger partial charge in [0.1, 0.15) is 5.69 Å². The summed E-state index contributed by atoms with van der Waals surface area (Å²) < 4.78 is 0. The van der Waals surface area contributed by atoms with Gasteiger partial charge in [-0.2, -0.15) is 0 Å². The Hall–Kier alpha value is -3.54. The van der Waals surface area contributed by atoms with Crippen molar-refractivity contribution in [3.8, 4) is 0 Å². The first-order valence-corrected chi connectivity index (χ1v) is 8.75. The van der Waals surface area contributed by atoms with Gasteiger partial charge in [0.25, 0.3) is 11.8 Å². The van der Waals surface area contributed by atoms with Gasteiger partial charge in [-0.1, -0.05) is 18.2 Å². The fourth-order valence-corrected chi connectivity index (χ4v) is 3.17. The predicted octanol–water partition coefficient (Wildman–Crippen LogP) is 2.61. The molecule has 6 nitrogen and oxygen atoms in total. The molecule has 0 saturated heterocycles. The normalized spacial score (nSPS) is 12.5. The summed E-state index contributed by atoms with van der Waals surface area (Å²) in [6.07, 6.45) is 5.68. The van der Waals surface area contributed by atoms with Crippen molar-refractivity contribution in [2.45, 2.75) is 13.0 Å². The van der Waals surface area contributed by atoms with Crippen LogP contribution in [0.25, 0.3) is 0 Å². The maximum absolute atomic E-state index is 12.9. The van der Waals surface area contributed by atoms with Crippen LogP contribution in [-0.4, -0.2) is 28.3 Å². The molecule has 1 N–H and O–H groups in total. The molecule has 134 valence electrons. The van der Waals surface area contributed by atoms with E-state index < -0.39 is 0 Å². The smallest absolute Gasteiger partial charge is 0.270 e. The first kappa shape index (κ1) is 16.9. The maximum Gasteiger partial charge on any atom is 0.270 e. The Labute approximate surface area is 156 Å². The van der Waals surface area contributed by atoms with Gasteiger partial charge in [0.2, 0.25) is 0 Å². The SMILES string of the molecule is O=C(NCc1ccncc1)c1cc(C(=O)N2CCc3ccccc32)ccn1. The minimum absolute atomic E-state index is 0.120. The maximum atomic E-state index is 12.9. The van der Waals surface area contributed by atoms with Crippen LogP contribution in [0.1, 0.15) is 32.0 Å². The molecule has 0 fully saturated rings. The molecule has 1 aromatic carbocycles. The summed E-state index contributed by atoms with van der Waals surface area (Å²) in [4.78, 5) is 35.1. The summed E-state index contributed by atoms with van der Waals surface area (Å²) in [6.45, 7) is 1.02. The molecule has 0 spiro atoms. The molecule has 0 unspecified atom stereocenters. The van der Waals surface area contributed by atoms with Crippen molar-refractivity contribution in [2.24, 2.45) is 0 Å². The highest BCUT2D eigenvalue weighted by Gasteiger charge is 2.25. The lowest BCUT2D eigenvalue weighted by Crippen LogP contribution is -2.29. The van der Waals surface area contributed by atoms with Crippen LogP contribution in [0.3, 0.4) is 0 Å². The van der Waals surface area contributed by atoms with Crippen molar-refractivity contribution in [1.29, 1.82) is 0 Å². The average Bonchev–Trinajstić information content (AvgIpc) is 3.16. The van der Waals surface area contributed by atoms with Crippen molar-refractivity contribution in [2.75, 3.05) is 11.4 Å². The molecular formula is C21H18N4O2. The van der Waals surface area contributed by atoms with E-state index in [1.54, 1.807) is 29.4 Å². The van der Waals surface area contributed by atoms with Crippen molar-refractivity contribution in [1.82, 2.24) is 15.3 Å².